The van der Waals surface area contributed by atoms with Gasteiger partial charge in [-0.25, -0.2) is 0 Å². The molecule has 3 heterocycles. The Morgan fingerprint density at radius 3 is 2.70 bits per heavy atom. The van der Waals surface area contributed by atoms with E-state index in [2.05, 4.69) is 33.8 Å². The van der Waals surface area contributed by atoms with E-state index in [-0.39, 0.29) is 0 Å². The monoisotopic (exact) mass is 293 g/mol. The molecule has 0 radical (unpaired) electrons. The average molecular weight is 294 g/mol. The largest absolute Gasteiger partial charge is 0.356 e. The van der Waals surface area contributed by atoms with Crippen LogP contribution in [0, 0.1) is 12.3 Å². The molecule has 2 aromatic rings. The van der Waals surface area contributed by atoms with Gasteiger partial charge in [-0.1, -0.05) is 31.9 Å². The maximum absolute atomic E-state index is 6.23. The van der Waals surface area contributed by atoms with Gasteiger partial charge in [0.1, 0.15) is 17.3 Å². The highest BCUT2D eigenvalue weighted by atomic mass is 35.5. The number of anilines is 1. The van der Waals surface area contributed by atoms with Gasteiger partial charge in [0.05, 0.1) is 0 Å². The fraction of sp³-hybridized carbons (Fsp3) is 0.643. The molecule has 1 aliphatic rings. The van der Waals surface area contributed by atoms with E-state index in [0.29, 0.717) is 16.3 Å². The maximum Gasteiger partial charge on any atom is 0.255 e. The standard InChI is InChI=1S/C14H20ClN5/c1-4-14(3)5-7-19(8-6-14)12-10(2)11(15)18-13-16-9-17-20(12)13/h9H,4-8H2,1-3H3. The first-order chi connectivity index (χ1) is 9.54. The molecule has 6 heteroatoms. The quantitative estimate of drug-likeness (QED) is 0.798. The normalized spacial score (nSPS) is 18.7. The van der Waals surface area contributed by atoms with Gasteiger partial charge in [-0.2, -0.15) is 19.6 Å². The maximum atomic E-state index is 6.23. The van der Waals surface area contributed by atoms with E-state index < -0.39 is 0 Å². The second kappa shape index (κ2) is 4.88. The van der Waals surface area contributed by atoms with E-state index in [9.17, 15) is 0 Å². The van der Waals surface area contributed by atoms with Gasteiger partial charge in [-0.15, -0.1) is 0 Å². The smallest absolute Gasteiger partial charge is 0.255 e. The summed E-state index contributed by atoms with van der Waals surface area (Å²) in [4.78, 5) is 10.8. The van der Waals surface area contributed by atoms with Gasteiger partial charge in [0.15, 0.2) is 0 Å². The van der Waals surface area contributed by atoms with Crippen LogP contribution in [-0.4, -0.2) is 32.7 Å². The van der Waals surface area contributed by atoms with Crippen LogP contribution in [0.1, 0.15) is 38.7 Å². The number of fused-ring (bicyclic) bond motifs is 1. The van der Waals surface area contributed by atoms with Crippen LogP contribution in [0.2, 0.25) is 5.15 Å². The van der Waals surface area contributed by atoms with Gasteiger partial charge in [0.25, 0.3) is 5.78 Å². The minimum absolute atomic E-state index is 0.461. The fourth-order valence-corrected chi connectivity index (χ4v) is 3.03. The first-order valence-electron chi connectivity index (χ1n) is 7.15. The second-order valence-corrected chi connectivity index (χ2v) is 6.33. The lowest BCUT2D eigenvalue weighted by Gasteiger charge is -2.40. The van der Waals surface area contributed by atoms with E-state index in [1.165, 1.54) is 25.6 Å². The summed E-state index contributed by atoms with van der Waals surface area (Å²) in [7, 11) is 0. The molecule has 0 unspecified atom stereocenters. The van der Waals surface area contributed by atoms with Crippen molar-refractivity contribution in [2.75, 3.05) is 18.0 Å². The number of halogens is 1. The van der Waals surface area contributed by atoms with Gasteiger partial charge < -0.3 is 4.90 Å². The molecule has 0 spiro atoms. The molecule has 2 aromatic heterocycles. The Hall–Kier alpha value is -1.36. The highest BCUT2D eigenvalue weighted by Gasteiger charge is 2.30. The second-order valence-electron chi connectivity index (χ2n) is 5.97. The van der Waals surface area contributed by atoms with E-state index in [1.54, 1.807) is 4.52 Å². The summed E-state index contributed by atoms with van der Waals surface area (Å²) in [6.07, 6.45) is 5.15. The molecule has 1 aliphatic heterocycles. The van der Waals surface area contributed by atoms with Crippen LogP contribution in [0.25, 0.3) is 5.78 Å². The summed E-state index contributed by atoms with van der Waals surface area (Å²) in [6, 6.07) is 0. The summed E-state index contributed by atoms with van der Waals surface area (Å²) in [5.41, 5.74) is 1.44. The fourth-order valence-electron chi connectivity index (χ4n) is 2.87. The summed E-state index contributed by atoms with van der Waals surface area (Å²) < 4.78 is 1.80. The Labute approximate surface area is 124 Å². The Kier molecular flexibility index (Phi) is 3.32. The van der Waals surface area contributed by atoms with Crippen molar-refractivity contribution in [2.24, 2.45) is 5.41 Å². The van der Waals surface area contributed by atoms with Gasteiger partial charge in [0.2, 0.25) is 0 Å². The lowest BCUT2D eigenvalue weighted by molar-refractivity contribution is 0.237. The molecule has 3 rings (SSSR count). The van der Waals surface area contributed by atoms with Crippen molar-refractivity contribution in [1.29, 1.82) is 0 Å². The van der Waals surface area contributed by atoms with Crippen molar-refractivity contribution in [3.05, 3.63) is 17.0 Å². The Bertz CT molecular complexity index is 628. The highest BCUT2D eigenvalue weighted by molar-refractivity contribution is 6.30. The zero-order chi connectivity index (χ0) is 14.3. The molecule has 0 bridgehead atoms. The molecule has 0 aromatic carbocycles. The lowest BCUT2D eigenvalue weighted by Crippen LogP contribution is -2.39. The predicted molar refractivity (Wildman–Crippen MR) is 80.4 cm³/mol. The molecule has 0 N–H and O–H groups in total. The molecule has 0 saturated carbocycles. The first-order valence-corrected chi connectivity index (χ1v) is 7.53. The molecular formula is C14H20ClN5. The summed E-state index contributed by atoms with van der Waals surface area (Å²) in [5, 5.41) is 4.81. The Balaban J connectivity index is 1.99. The lowest BCUT2D eigenvalue weighted by atomic mass is 9.78. The summed E-state index contributed by atoms with van der Waals surface area (Å²) >= 11 is 6.23. The van der Waals surface area contributed by atoms with Crippen LogP contribution in [-0.2, 0) is 0 Å². The third kappa shape index (κ3) is 2.14. The van der Waals surface area contributed by atoms with E-state index in [1.807, 2.05) is 6.92 Å². The number of rotatable bonds is 2. The number of nitrogens with zero attached hydrogens (tertiary/aromatic N) is 5. The van der Waals surface area contributed by atoms with Gasteiger partial charge in [-0.05, 0) is 25.2 Å². The van der Waals surface area contributed by atoms with Gasteiger partial charge in [0, 0.05) is 18.7 Å². The predicted octanol–water partition coefficient (Wildman–Crippen LogP) is 3.10. The SMILES string of the molecule is CCC1(C)CCN(c2c(C)c(Cl)nc3ncnn23)CC1. The number of aromatic nitrogens is 4. The third-order valence-corrected chi connectivity index (χ3v) is 5.07. The van der Waals surface area contributed by atoms with Crippen LogP contribution >= 0.6 is 11.6 Å². The Morgan fingerprint density at radius 2 is 2.05 bits per heavy atom. The van der Waals surface area contributed by atoms with Crippen molar-refractivity contribution < 1.29 is 0 Å². The molecule has 0 amide bonds. The highest BCUT2D eigenvalue weighted by Crippen LogP contribution is 2.37. The molecule has 0 atom stereocenters. The topological polar surface area (TPSA) is 46.3 Å². The zero-order valence-corrected chi connectivity index (χ0v) is 13.0. The number of hydrogen-bond donors (Lipinski definition) is 0. The molecule has 1 saturated heterocycles. The average Bonchev–Trinajstić information content (AvgIpc) is 2.89. The van der Waals surface area contributed by atoms with E-state index >= 15 is 0 Å². The van der Waals surface area contributed by atoms with Crippen molar-refractivity contribution >= 4 is 23.2 Å². The molecule has 1 fully saturated rings. The molecule has 5 nitrogen and oxygen atoms in total. The molecule has 0 aliphatic carbocycles. The van der Waals surface area contributed by atoms with Gasteiger partial charge >= 0.3 is 0 Å². The van der Waals surface area contributed by atoms with Crippen molar-refractivity contribution in [3.63, 3.8) is 0 Å². The molecular weight excluding hydrogens is 274 g/mol. The van der Waals surface area contributed by atoms with E-state index in [4.69, 9.17) is 11.6 Å². The van der Waals surface area contributed by atoms with Crippen molar-refractivity contribution in [3.8, 4) is 0 Å². The van der Waals surface area contributed by atoms with Crippen LogP contribution in [0.3, 0.4) is 0 Å². The Morgan fingerprint density at radius 1 is 1.35 bits per heavy atom. The van der Waals surface area contributed by atoms with Crippen LogP contribution < -0.4 is 4.90 Å². The minimum Gasteiger partial charge on any atom is -0.356 e. The number of hydrogen-bond acceptors (Lipinski definition) is 4. The van der Waals surface area contributed by atoms with Crippen LogP contribution in [0.5, 0.6) is 0 Å². The third-order valence-electron chi connectivity index (χ3n) is 4.70. The number of piperidine rings is 1. The molecule has 108 valence electrons. The first kappa shape index (κ1) is 13.6. The van der Waals surface area contributed by atoms with E-state index in [0.717, 1.165) is 24.5 Å². The molecule has 20 heavy (non-hydrogen) atoms. The summed E-state index contributed by atoms with van der Waals surface area (Å²) in [6.45, 7) is 8.71. The van der Waals surface area contributed by atoms with Crippen molar-refractivity contribution in [2.45, 2.75) is 40.0 Å². The van der Waals surface area contributed by atoms with Crippen LogP contribution in [0.4, 0.5) is 5.82 Å². The minimum atomic E-state index is 0.461. The van der Waals surface area contributed by atoms with Crippen molar-refractivity contribution in [1.82, 2.24) is 19.6 Å². The zero-order valence-electron chi connectivity index (χ0n) is 12.2. The van der Waals surface area contributed by atoms with Crippen LogP contribution in [0.15, 0.2) is 6.33 Å². The van der Waals surface area contributed by atoms with Gasteiger partial charge in [-0.3, -0.25) is 0 Å². The summed E-state index contributed by atoms with van der Waals surface area (Å²) in [5.74, 6) is 1.61.